The minimum Gasteiger partial charge on any atom is -0.394 e. The highest BCUT2D eigenvalue weighted by Gasteiger charge is 2.24. The van der Waals surface area contributed by atoms with Crippen molar-refractivity contribution in [3.63, 3.8) is 0 Å². The van der Waals surface area contributed by atoms with Gasteiger partial charge in [-0.15, -0.1) is 0 Å². The van der Waals surface area contributed by atoms with Crippen molar-refractivity contribution in [3.8, 4) is 0 Å². The Balaban J connectivity index is 2.28. The molecule has 0 spiro atoms. The second-order valence-electron chi connectivity index (χ2n) is 5.37. The second kappa shape index (κ2) is 8.35. The van der Waals surface area contributed by atoms with E-state index in [2.05, 4.69) is 0 Å². The lowest BCUT2D eigenvalue weighted by molar-refractivity contribution is -0.135. The molecule has 2 rings (SSSR count). The van der Waals surface area contributed by atoms with Crippen molar-refractivity contribution in [3.05, 3.63) is 71.8 Å². The molecule has 0 heterocycles. The van der Waals surface area contributed by atoms with Gasteiger partial charge in [0.1, 0.15) is 0 Å². The van der Waals surface area contributed by atoms with Gasteiger partial charge in [-0.25, -0.2) is 0 Å². The normalized spacial score (nSPS) is 11.9. The summed E-state index contributed by atoms with van der Waals surface area (Å²) in [6.07, 6.45) is 1.30. The van der Waals surface area contributed by atoms with Gasteiger partial charge in [-0.1, -0.05) is 67.6 Å². The number of aliphatic hydroxyl groups excluding tert-OH is 1. The molecule has 1 atom stereocenters. The molecule has 0 radical (unpaired) electrons. The summed E-state index contributed by atoms with van der Waals surface area (Å²) in [5, 5.41) is 9.85. The van der Waals surface area contributed by atoms with Crippen LogP contribution in [-0.4, -0.2) is 22.5 Å². The van der Waals surface area contributed by atoms with Crippen LogP contribution in [0.15, 0.2) is 60.7 Å². The summed E-state index contributed by atoms with van der Waals surface area (Å²) in [7, 11) is 0. The van der Waals surface area contributed by atoms with Gasteiger partial charge in [0.05, 0.1) is 12.6 Å². The zero-order valence-electron chi connectivity index (χ0n) is 13.0. The molecule has 0 fully saturated rings. The summed E-state index contributed by atoms with van der Waals surface area (Å²) in [4.78, 5) is 14.3. The van der Waals surface area contributed by atoms with Crippen molar-refractivity contribution in [2.75, 3.05) is 6.61 Å². The summed E-state index contributed by atoms with van der Waals surface area (Å²) in [6.45, 7) is 2.43. The first kappa shape index (κ1) is 16.2. The van der Waals surface area contributed by atoms with Crippen LogP contribution in [-0.2, 0) is 11.3 Å². The summed E-state index contributed by atoms with van der Waals surface area (Å²) < 4.78 is 0. The first-order valence-corrected chi connectivity index (χ1v) is 7.75. The quantitative estimate of drug-likeness (QED) is 0.849. The van der Waals surface area contributed by atoms with Gasteiger partial charge in [-0.05, 0) is 17.5 Å². The topological polar surface area (TPSA) is 40.5 Å². The van der Waals surface area contributed by atoms with Crippen LogP contribution < -0.4 is 0 Å². The Labute approximate surface area is 132 Å². The maximum absolute atomic E-state index is 12.5. The number of hydrogen-bond donors (Lipinski definition) is 1. The van der Waals surface area contributed by atoms with Crippen LogP contribution in [0, 0.1) is 0 Å². The highest BCUT2D eigenvalue weighted by atomic mass is 16.3. The molecule has 2 aromatic rings. The Morgan fingerprint density at radius 2 is 1.64 bits per heavy atom. The van der Waals surface area contributed by atoms with Gasteiger partial charge in [0, 0.05) is 13.0 Å². The predicted octanol–water partition coefficient (Wildman–Crippen LogP) is 3.55. The Hall–Kier alpha value is -2.13. The largest absolute Gasteiger partial charge is 0.394 e. The molecule has 22 heavy (non-hydrogen) atoms. The molecule has 0 aromatic heterocycles. The zero-order valence-corrected chi connectivity index (χ0v) is 13.0. The molecule has 1 N–H and O–H groups in total. The molecule has 3 heteroatoms. The summed E-state index contributed by atoms with van der Waals surface area (Å²) in [5.74, 6) is 0.0780. The minimum atomic E-state index is -0.305. The summed E-state index contributed by atoms with van der Waals surface area (Å²) in [5.41, 5.74) is 2.03. The SMILES string of the molecule is CCCC(=O)N(Cc1ccccc1)C(CO)c1ccccc1. The van der Waals surface area contributed by atoms with Gasteiger partial charge >= 0.3 is 0 Å². The molecule has 3 nitrogen and oxygen atoms in total. The standard InChI is InChI=1S/C19H23NO2/c1-2-9-19(22)20(14-16-10-5-3-6-11-16)18(15-21)17-12-7-4-8-13-17/h3-8,10-13,18,21H,2,9,14-15H2,1H3. The van der Waals surface area contributed by atoms with Gasteiger partial charge in [-0.3, -0.25) is 4.79 Å². The number of aliphatic hydroxyl groups is 1. The molecule has 0 aliphatic rings. The highest BCUT2D eigenvalue weighted by molar-refractivity contribution is 5.76. The summed E-state index contributed by atoms with van der Waals surface area (Å²) in [6, 6.07) is 19.3. The fourth-order valence-electron chi connectivity index (χ4n) is 2.57. The molecule has 1 amide bonds. The van der Waals surface area contributed by atoms with Crippen molar-refractivity contribution < 1.29 is 9.90 Å². The maximum atomic E-state index is 12.5. The Morgan fingerprint density at radius 1 is 1.05 bits per heavy atom. The third kappa shape index (κ3) is 4.18. The monoisotopic (exact) mass is 297 g/mol. The lowest BCUT2D eigenvalue weighted by Gasteiger charge is -2.31. The van der Waals surface area contributed by atoms with Crippen molar-refractivity contribution >= 4 is 5.91 Å². The minimum absolute atomic E-state index is 0.0771. The van der Waals surface area contributed by atoms with Crippen LogP contribution >= 0.6 is 0 Å². The number of carbonyl (C=O) groups is 1. The van der Waals surface area contributed by atoms with E-state index in [9.17, 15) is 9.90 Å². The molecule has 1 unspecified atom stereocenters. The van der Waals surface area contributed by atoms with Gasteiger partial charge in [0.15, 0.2) is 0 Å². The zero-order chi connectivity index (χ0) is 15.8. The van der Waals surface area contributed by atoms with Crippen LogP contribution in [0.2, 0.25) is 0 Å². The van der Waals surface area contributed by atoms with Gasteiger partial charge in [0.2, 0.25) is 5.91 Å². The first-order chi connectivity index (χ1) is 10.8. The summed E-state index contributed by atoms with van der Waals surface area (Å²) >= 11 is 0. The van der Waals surface area contributed by atoms with Crippen LogP contribution in [0.1, 0.15) is 36.9 Å². The van der Waals surface area contributed by atoms with E-state index in [4.69, 9.17) is 0 Å². The smallest absolute Gasteiger partial charge is 0.223 e. The fraction of sp³-hybridized carbons (Fsp3) is 0.316. The lowest BCUT2D eigenvalue weighted by atomic mass is 10.0. The Bertz CT molecular complexity index is 569. The van der Waals surface area contributed by atoms with Crippen molar-refractivity contribution in [1.29, 1.82) is 0 Å². The molecule has 0 bridgehead atoms. The van der Waals surface area contributed by atoms with E-state index in [1.807, 2.05) is 67.6 Å². The van der Waals surface area contributed by atoms with E-state index in [1.54, 1.807) is 4.90 Å². The van der Waals surface area contributed by atoms with Crippen LogP contribution in [0.4, 0.5) is 0 Å². The number of hydrogen-bond acceptors (Lipinski definition) is 2. The Morgan fingerprint density at radius 3 is 2.18 bits per heavy atom. The molecule has 0 aliphatic heterocycles. The maximum Gasteiger partial charge on any atom is 0.223 e. The van der Waals surface area contributed by atoms with Crippen LogP contribution in [0.25, 0.3) is 0 Å². The lowest BCUT2D eigenvalue weighted by Crippen LogP contribution is -2.36. The number of nitrogens with zero attached hydrogens (tertiary/aromatic N) is 1. The van der Waals surface area contributed by atoms with Gasteiger partial charge in [0.25, 0.3) is 0 Å². The molecule has 0 aliphatic carbocycles. The van der Waals surface area contributed by atoms with Gasteiger partial charge < -0.3 is 10.0 Å². The van der Waals surface area contributed by atoms with E-state index in [-0.39, 0.29) is 18.6 Å². The fourth-order valence-corrected chi connectivity index (χ4v) is 2.57. The molecule has 0 saturated heterocycles. The molecule has 116 valence electrons. The van der Waals surface area contributed by atoms with Crippen molar-refractivity contribution in [1.82, 2.24) is 4.90 Å². The number of carbonyl (C=O) groups excluding carboxylic acids is 1. The predicted molar refractivity (Wildman–Crippen MR) is 88.2 cm³/mol. The van der Waals surface area contributed by atoms with E-state index < -0.39 is 0 Å². The molecule has 2 aromatic carbocycles. The van der Waals surface area contributed by atoms with Crippen molar-refractivity contribution in [2.24, 2.45) is 0 Å². The molecule has 0 saturated carbocycles. The van der Waals surface area contributed by atoms with Crippen LogP contribution in [0.5, 0.6) is 0 Å². The third-order valence-electron chi connectivity index (χ3n) is 3.71. The molecular formula is C19H23NO2. The van der Waals surface area contributed by atoms with E-state index in [0.29, 0.717) is 13.0 Å². The number of benzene rings is 2. The molecular weight excluding hydrogens is 274 g/mol. The highest BCUT2D eigenvalue weighted by Crippen LogP contribution is 2.23. The third-order valence-corrected chi connectivity index (χ3v) is 3.71. The van der Waals surface area contributed by atoms with E-state index in [1.165, 1.54) is 0 Å². The van der Waals surface area contributed by atoms with E-state index in [0.717, 1.165) is 17.5 Å². The van der Waals surface area contributed by atoms with Gasteiger partial charge in [-0.2, -0.15) is 0 Å². The van der Waals surface area contributed by atoms with E-state index >= 15 is 0 Å². The number of rotatable bonds is 7. The average Bonchev–Trinajstić information content (AvgIpc) is 2.57. The van der Waals surface area contributed by atoms with Crippen LogP contribution in [0.3, 0.4) is 0 Å². The average molecular weight is 297 g/mol. The number of amides is 1. The second-order valence-corrected chi connectivity index (χ2v) is 5.37. The Kier molecular flexibility index (Phi) is 6.16. The first-order valence-electron chi connectivity index (χ1n) is 7.75. The van der Waals surface area contributed by atoms with Crippen molar-refractivity contribution in [2.45, 2.75) is 32.4 Å².